The third kappa shape index (κ3) is 3.09. The van der Waals surface area contributed by atoms with Gasteiger partial charge in [0, 0.05) is 38.1 Å². The van der Waals surface area contributed by atoms with Gasteiger partial charge in [0.25, 0.3) is 0 Å². The van der Waals surface area contributed by atoms with Crippen LogP contribution in [0, 0.1) is 5.41 Å². The van der Waals surface area contributed by atoms with Crippen LogP contribution in [0.3, 0.4) is 0 Å². The normalized spacial score (nSPS) is 24.7. The number of rotatable bonds is 3. The van der Waals surface area contributed by atoms with Crippen molar-refractivity contribution in [1.82, 2.24) is 14.8 Å². The maximum atomic E-state index is 12.9. The molecule has 2 saturated heterocycles. The van der Waals surface area contributed by atoms with Crippen LogP contribution in [0.1, 0.15) is 38.7 Å². The van der Waals surface area contributed by atoms with Crippen molar-refractivity contribution >= 4 is 11.8 Å². The van der Waals surface area contributed by atoms with Crippen molar-refractivity contribution in [3.63, 3.8) is 0 Å². The smallest absolute Gasteiger partial charge is 0.230 e. The van der Waals surface area contributed by atoms with Crippen molar-refractivity contribution < 1.29 is 9.59 Å². The molecule has 1 atom stereocenters. The van der Waals surface area contributed by atoms with Gasteiger partial charge < -0.3 is 9.80 Å². The van der Waals surface area contributed by atoms with Crippen molar-refractivity contribution in [3.8, 4) is 0 Å². The van der Waals surface area contributed by atoms with Crippen LogP contribution in [-0.2, 0) is 16.0 Å². The van der Waals surface area contributed by atoms with E-state index in [0.29, 0.717) is 19.5 Å². The number of amides is 2. The Labute approximate surface area is 137 Å². The molecule has 0 bridgehead atoms. The van der Waals surface area contributed by atoms with Crippen LogP contribution < -0.4 is 0 Å². The number of aromatic nitrogens is 1. The van der Waals surface area contributed by atoms with E-state index in [2.05, 4.69) is 18.8 Å². The van der Waals surface area contributed by atoms with Gasteiger partial charge in [-0.25, -0.2) is 0 Å². The van der Waals surface area contributed by atoms with Crippen molar-refractivity contribution in [2.45, 2.75) is 45.6 Å². The highest BCUT2D eigenvalue weighted by Gasteiger charge is 2.49. The van der Waals surface area contributed by atoms with E-state index in [0.717, 1.165) is 31.4 Å². The van der Waals surface area contributed by atoms with Crippen LogP contribution in [0.15, 0.2) is 24.5 Å². The molecule has 2 aliphatic heterocycles. The van der Waals surface area contributed by atoms with Gasteiger partial charge in [-0.2, -0.15) is 0 Å². The van der Waals surface area contributed by atoms with E-state index in [4.69, 9.17) is 0 Å². The Morgan fingerprint density at radius 1 is 1.35 bits per heavy atom. The van der Waals surface area contributed by atoms with E-state index in [1.807, 2.05) is 21.9 Å². The lowest BCUT2D eigenvalue weighted by Gasteiger charge is -2.41. The lowest BCUT2D eigenvalue weighted by molar-refractivity contribution is -0.148. The summed E-state index contributed by atoms with van der Waals surface area (Å²) in [5, 5.41) is 0. The summed E-state index contributed by atoms with van der Waals surface area (Å²) in [5.41, 5.74) is 0.588. The quantitative estimate of drug-likeness (QED) is 0.856. The Hall–Kier alpha value is -1.91. The monoisotopic (exact) mass is 315 g/mol. The molecule has 2 fully saturated rings. The molecule has 1 aromatic heterocycles. The van der Waals surface area contributed by atoms with Crippen molar-refractivity contribution in [3.05, 3.63) is 30.1 Å². The fourth-order valence-electron chi connectivity index (χ4n) is 3.85. The number of carbonyl (C=O) groups is 2. The summed E-state index contributed by atoms with van der Waals surface area (Å²) in [4.78, 5) is 33.3. The first kappa shape index (κ1) is 16.0. The fraction of sp³-hybridized carbons (Fsp3) is 0.611. The molecule has 0 saturated carbocycles. The van der Waals surface area contributed by atoms with Gasteiger partial charge in [-0.1, -0.05) is 6.07 Å². The van der Waals surface area contributed by atoms with Crippen LogP contribution in [0.5, 0.6) is 0 Å². The zero-order chi connectivity index (χ0) is 16.4. The molecule has 1 aromatic rings. The molecule has 5 nitrogen and oxygen atoms in total. The highest BCUT2D eigenvalue weighted by molar-refractivity contribution is 5.86. The Kier molecular flexibility index (Phi) is 4.37. The minimum Gasteiger partial charge on any atom is -0.341 e. The SMILES string of the molecule is CC(C)N1CCCC2(CCN(C(=O)Cc3cccnc3)C2)C1=O. The van der Waals surface area contributed by atoms with Crippen molar-refractivity contribution in [2.75, 3.05) is 19.6 Å². The van der Waals surface area contributed by atoms with Gasteiger partial charge in [0.2, 0.25) is 11.8 Å². The van der Waals surface area contributed by atoms with Gasteiger partial charge in [-0.15, -0.1) is 0 Å². The predicted octanol–water partition coefficient (Wildman–Crippen LogP) is 1.87. The predicted molar refractivity (Wildman–Crippen MR) is 87.7 cm³/mol. The molecule has 5 heteroatoms. The van der Waals surface area contributed by atoms with E-state index in [1.54, 1.807) is 12.4 Å². The van der Waals surface area contributed by atoms with Gasteiger partial charge in [-0.05, 0) is 44.7 Å². The van der Waals surface area contributed by atoms with E-state index in [-0.39, 0.29) is 23.3 Å². The summed E-state index contributed by atoms with van der Waals surface area (Å²) >= 11 is 0. The Morgan fingerprint density at radius 3 is 2.87 bits per heavy atom. The van der Waals surface area contributed by atoms with Gasteiger partial charge in [0.1, 0.15) is 0 Å². The zero-order valence-corrected chi connectivity index (χ0v) is 14.0. The lowest BCUT2D eigenvalue weighted by Crippen LogP contribution is -2.52. The number of carbonyl (C=O) groups excluding carboxylic acids is 2. The topological polar surface area (TPSA) is 53.5 Å². The number of likely N-dealkylation sites (tertiary alicyclic amines) is 2. The standard InChI is InChI=1S/C18H25N3O2/c1-14(2)21-9-4-6-18(17(21)23)7-10-20(13-18)16(22)11-15-5-3-8-19-12-15/h3,5,8,12,14H,4,6-7,9-11,13H2,1-2H3. The third-order valence-corrected chi connectivity index (χ3v) is 5.18. The Balaban J connectivity index is 1.67. The van der Waals surface area contributed by atoms with Crippen molar-refractivity contribution in [1.29, 1.82) is 0 Å². The molecule has 3 heterocycles. The summed E-state index contributed by atoms with van der Waals surface area (Å²) in [6, 6.07) is 4.00. The molecule has 23 heavy (non-hydrogen) atoms. The van der Waals surface area contributed by atoms with Gasteiger partial charge in [-0.3, -0.25) is 14.6 Å². The lowest BCUT2D eigenvalue weighted by atomic mass is 9.78. The molecule has 3 rings (SSSR count). The second kappa shape index (κ2) is 6.30. The Morgan fingerprint density at radius 2 is 2.17 bits per heavy atom. The van der Waals surface area contributed by atoms with Crippen LogP contribution in [0.4, 0.5) is 0 Å². The summed E-state index contributed by atoms with van der Waals surface area (Å²) in [6.07, 6.45) is 6.55. The molecular formula is C18H25N3O2. The van der Waals surface area contributed by atoms with E-state index >= 15 is 0 Å². The molecule has 0 aromatic carbocycles. The average Bonchev–Trinajstić information content (AvgIpc) is 2.96. The van der Waals surface area contributed by atoms with Gasteiger partial charge in [0.05, 0.1) is 11.8 Å². The molecule has 2 amide bonds. The van der Waals surface area contributed by atoms with Crippen LogP contribution in [-0.4, -0.2) is 52.3 Å². The van der Waals surface area contributed by atoms with E-state index in [9.17, 15) is 9.59 Å². The van der Waals surface area contributed by atoms with Gasteiger partial charge in [0.15, 0.2) is 0 Å². The number of nitrogens with zero attached hydrogens (tertiary/aromatic N) is 3. The summed E-state index contributed by atoms with van der Waals surface area (Å²) < 4.78 is 0. The minimum absolute atomic E-state index is 0.101. The van der Waals surface area contributed by atoms with Crippen LogP contribution in [0.2, 0.25) is 0 Å². The van der Waals surface area contributed by atoms with Crippen molar-refractivity contribution in [2.24, 2.45) is 5.41 Å². The Bertz CT molecular complexity index is 587. The second-order valence-corrected chi connectivity index (χ2v) is 7.08. The second-order valence-electron chi connectivity index (χ2n) is 7.08. The first-order valence-corrected chi connectivity index (χ1v) is 8.50. The molecule has 2 aliphatic rings. The largest absolute Gasteiger partial charge is 0.341 e. The summed E-state index contributed by atoms with van der Waals surface area (Å²) in [6.45, 7) is 6.25. The number of hydrogen-bond acceptors (Lipinski definition) is 3. The van der Waals surface area contributed by atoms with Gasteiger partial charge >= 0.3 is 0 Å². The molecule has 124 valence electrons. The number of piperidine rings is 1. The minimum atomic E-state index is -0.340. The fourth-order valence-corrected chi connectivity index (χ4v) is 3.85. The first-order valence-electron chi connectivity index (χ1n) is 8.50. The highest BCUT2D eigenvalue weighted by atomic mass is 16.2. The maximum Gasteiger partial charge on any atom is 0.230 e. The number of pyridine rings is 1. The highest BCUT2D eigenvalue weighted by Crippen LogP contribution is 2.40. The zero-order valence-electron chi connectivity index (χ0n) is 14.0. The summed E-state index contributed by atoms with van der Waals surface area (Å²) in [5.74, 6) is 0.347. The molecule has 0 N–H and O–H groups in total. The molecule has 1 spiro atoms. The molecule has 1 unspecified atom stereocenters. The summed E-state index contributed by atoms with van der Waals surface area (Å²) in [7, 11) is 0. The molecular weight excluding hydrogens is 290 g/mol. The average molecular weight is 315 g/mol. The molecule has 0 radical (unpaired) electrons. The van der Waals surface area contributed by atoms with Crippen LogP contribution >= 0.6 is 0 Å². The van der Waals surface area contributed by atoms with E-state index in [1.165, 1.54) is 0 Å². The van der Waals surface area contributed by atoms with E-state index < -0.39 is 0 Å². The van der Waals surface area contributed by atoms with Crippen LogP contribution in [0.25, 0.3) is 0 Å². The maximum absolute atomic E-state index is 12.9. The number of hydrogen-bond donors (Lipinski definition) is 0. The molecule has 0 aliphatic carbocycles. The first-order chi connectivity index (χ1) is 11.0. The third-order valence-electron chi connectivity index (χ3n) is 5.18.